The lowest BCUT2D eigenvalue weighted by molar-refractivity contribution is 0.380. The van der Waals surface area contributed by atoms with Crippen LogP contribution in [0.3, 0.4) is 0 Å². The molecule has 0 saturated heterocycles. The molecule has 0 aliphatic heterocycles. The number of hydrogen-bond acceptors (Lipinski definition) is 4. The Balaban J connectivity index is 2.97. The zero-order valence-corrected chi connectivity index (χ0v) is 13.3. The highest BCUT2D eigenvalue weighted by molar-refractivity contribution is 9.10. The van der Waals surface area contributed by atoms with Gasteiger partial charge in [-0.2, -0.15) is 0 Å². The first-order valence-electron chi connectivity index (χ1n) is 5.50. The van der Waals surface area contributed by atoms with Gasteiger partial charge in [0.05, 0.1) is 29.0 Å². The van der Waals surface area contributed by atoms with E-state index in [4.69, 9.17) is 9.88 Å². The van der Waals surface area contributed by atoms with Crippen LogP contribution >= 0.6 is 15.9 Å². The van der Waals surface area contributed by atoms with Crippen molar-refractivity contribution >= 4 is 26.9 Å². The zero-order chi connectivity index (χ0) is 13.9. The van der Waals surface area contributed by atoms with Gasteiger partial charge in [0.2, 0.25) is 5.88 Å². The molecular weight excluding hydrogens is 318 g/mol. The Labute approximate surface area is 118 Å². The van der Waals surface area contributed by atoms with Gasteiger partial charge >= 0.3 is 0 Å². The summed E-state index contributed by atoms with van der Waals surface area (Å²) in [5, 5.41) is 5.49. The van der Waals surface area contributed by atoms with E-state index in [2.05, 4.69) is 25.9 Å². The minimum absolute atomic E-state index is 0.0584. The molecule has 0 aromatic carbocycles. The van der Waals surface area contributed by atoms with Crippen molar-refractivity contribution < 1.29 is 8.95 Å². The number of rotatable bonds is 5. The Morgan fingerprint density at radius 1 is 1.61 bits per heavy atom. The number of halogens is 1. The van der Waals surface area contributed by atoms with Gasteiger partial charge in [0.25, 0.3) is 0 Å². The van der Waals surface area contributed by atoms with Crippen LogP contribution in [0.4, 0.5) is 0 Å². The predicted octanol–water partition coefficient (Wildman–Crippen LogP) is 2.14. The molecule has 0 unspecified atom stereocenters. The van der Waals surface area contributed by atoms with E-state index >= 15 is 0 Å². The summed E-state index contributed by atoms with van der Waals surface area (Å²) in [6, 6.07) is 0. The predicted molar refractivity (Wildman–Crippen MR) is 75.7 cm³/mol. The second-order valence-corrected chi connectivity index (χ2v) is 7.26. The molecule has 0 aliphatic carbocycles. The third kappa shape index (κ3) is 3.73. The Hall–Kier alpha value is -0.530. The van der Waals surface area contributed by atoms with E-state index in [1.807, 2.05) is 20.8 Å². The smallest absolute Gasteiger partial charge is 0.236 e. The number of ether oxygens (including phenoxy) is 1. The standard InChI is InChI=1S/C11H18BrN3O2S/c1-7(5-11(2,3)18(13)16)9-10(17-4)15-8(12)6-14-9/h6-7H,5,13H2,1-4H3/t7-,18-/m1/s1. The third-order valence-corrected chi connectivity index (χ3v) is 4.38. The number of nitrogens with two attached hydrogens (primary N) is 1. The van der Waals surface area contributed by atoms with Crippen molar-refractivity contribution in [2.24, 2.45) is 5.14 Å². The SMILES string of the molecule is COc1nc(Br)cnc1[C@H](C)CC(C)(C)[S@](N)=O. The van der Waals surface area contributed by atoms with Crippen molar-refractivity contribution in [3.63, 3.8) is 0 Å². The lowest BCUT2D eigenvalue weighted by Gasteiger charge is -2.25. The highest BCUT2D eigenvalue weighted by atomic mass is 79.9. The minimum Gasteiger partial charge on any atom is -0.480 e. The summed E-state index contributed by atoms with van der Waals surface area (Å²) in [5.41, 5.74) is 0.749. The largest absolute Gasteiger partial charge is 0.480 e. The van der Waals surface area contributed by atoms with Gasteiger partial charge in [0.15, 0.2) is 0 Å². The summed E-state index contributed by atoms with van der Waals surface area (Å²) in [4.78, 5) is 8.53. The van der Waals surface area contributed by atoms with Crippen molar-refractivity contribution in [1.29, 1.82) is 0 Å². The topological polar surface area (TPSA) is 78.1 Å². The van der Waals surface area contributed by atoms with Gasteiger partial charge in [-0.1, -0.05) is 6.92 Å². The average Bonchev–Trinajstić information content (AvgIpc) is 2.27. The molecular formula is C11H18BrN3O2S. The maximum Gasteiger partial charge on any atom is 0.236 e. The van der Waals surface area contributed by atoms with Crippen molar-refractivity contribution in [3.8, 4) is 5.88 Å². The van der Waals surface area contributed by atoms with Gasteiger partial charge < -0.3 is 4.74 Å². The molecule has 2 N–H and O–H groups in total. The van der Waals surface area contributed by atoms with Crippen LogP contribution in [0.15, 0.2) is 10.8 Å². The van der Waals surface area contributed by atoms with Gasteiger partial charge in [-0.15, -0.1) is 0 Å². The van der Waals surface area contributed by atoms with Gasteiger partial charge in [0, 0.05) is 5.92 Å². The van der Waals surface area contributed by atoms with Crippen molar-refractivity contribution in [2.75, 3.05) is 7.11 Å². The van der Waals surface area contributed by atoms with Crippen LogP contribution in [0.1, 0.15) is 38.8 Å². The maximum atomic E-state index is 11.5. The van der Waals surface area contributed by atoms with Gasteiger partial charge in [-0.3, -0.25) is 10.1 Å². The quantitative estimate of drug-likeness (QED) is 0.894. The second-order valence-electron chi connectivity index (χ2n) is 4.75. The molecule has 0 radical (unpaired) electrons. The molecule has 1 aromatic heterocycles. The van der Waals surface area contributed by atoms with E-state index in [0.29, 0.717) is 16.9 Å². The summed E-state index contributed by atoms with van der Waals surface area (Å²) < 4.78 is 16.8. The van der Waals surface area contributed by atoms with Crippen molar-refractivity contribution in [2.45, 2.75) is 37.9 Å². The van der Waals surface area contributed by atoms with E-state index in [-0.39, 0.29) is 5.92 Å². The van der Waals surface area contributed by atoms with Crippen LogP contribution in [0.2, 0.25) is 0 Å². The van der Waals surface area contributed by atoms with Crippen LogP contribution in [-0.2, 0) is 11.0 Å². The fourth-order valence-corrected chi connectivity index (χ4v) is 2.44. The first kappa shape index (κ1) is 15.5. The second kappa shape index (κ2) is 6.08. The molecule has 2 atom stereocenters. The highest BCUT2D eigenvalue weighted by Gasteiger charge is 2.28. The fourth-order valence-electron chi connectivity index (χ4n) is 1.77. The van der Waals surface area contributed by atoms with E-state index in [1.165, 1.54) is 0 Å². The molecule has 0 aliphatic rings. The summed E-state index contributed by atoms with van der Waals surface area (Å²) in [7, 11) is 0.173. The lowest BCUT2D eigenvalue weighted by Crippen LogP contribution is -2.33. The van der Waals surface area contributed by atoms with E-state index in [9.17, 15) is 4.21 Å². The Morgan fingerprint density at radius 3 is 2.72 bits per heavy atom. The fraction of sp³-hybridized carbons (Fsp3) is 0.636. The van der Waals surface area contributed by atoms with Crippen LogP contribution in [-0.4, -0.2) is 26.0 Å². The molecule has 1 heterocycles. The summed E-state index contributed by atoms with van der Waals surface area (Å²) >= 11 is 3.25. The Morgan fingerprint density at radius 2 is 2.22 bits per heavy atom. The number of aromatic nitrogens is 2. The van der Waals surface area contributed by atoms with Gasteiger partial charge in [0.1, 0.15) is 10.3 Å². The molecule has 5 nitrogen and oxygen atoms in total. The Bertz CT molecular complexity index is 454. The zero-order valence-electron chi connectivity index (χ0n) is 10.9. The van der Waals surface area contributed by atoms with Crippen LogP contribution in [0.25, 0.3) is 0 Å². The number of methoxy groups -OCH3 is 1. The van der Waals surface area contributed by atoms with E-state index in [1.54, 1.807) is 13.3 Å². The van der Waals surface area contributed by atoms with Gasteiger partial charge in [-0.05, 0) is 36.2 Å². The molecule has 0 saturated carbocycles. The first-order chi connectivity index (χ1) is 8.27. The molecule has 102 valence electrons. The molecule has 0 bridgehead atoms. The average molecular weight is 336 g/mol. The molecule has 1 aromatic rings. The summed E-state index contributed by atoms with van der Waals surface area (Å²) in [5.74, 6) is 0.540. The van der Waals surface area contributed by atoms with Crippen LogP contribution < -0.4 is 9.88 Å². The highest BCUT2D eigenvalue weighted by Crippen LogP contribution is 2.31. The summed E-state index contributed by atoms with van der Waals surface area (Å²) in [6.07, 6.45) is 2.27. The molecule has 0 fully saturated rings. The van der Waals surface area contributed by atoms with Gasteiger partial charge in [-0.25, -0.2) is 9.19 Å². The third-order valence-electron chi connectivity index (χ3n) is 2.74. The van der Waals surface area contributed by atoms with Crippen LogP contribution in [0.5, 0.6) is 5.88 Å². The molecule has 1 rings (SSSR count). The van der Waals surface area contributed by atoms with E-state index in [0.717, 1.165) is 5.69 Å². The van der Waals surface area contributed by atoms with Crippen LogP contribution in [0, 0.1) is 0 Å². The molecule has 7 heteroatoms. The molecule has 0 amide bonds. The van der Waals surface area contributed by atoms with E-state index < -0.39 is 15.7 Å². The normalized spacial score (nSPS) is 15.2. The number of hydrogen-bond donors (Lipinski definition) is 1. The molecule has 18 heavy (non-hydrogen) atoms. The van der Waals surface area contributed by atoms with Crippen molar-refractivity contribution in [1.82, 2.24) is 9.97 Å². The number of nitrogens with zero attached hydrogens (tertiary/aromatic N) is 2. The minimum atomic E-state index is -1.38. The first-order valence-corrected chi connectivity index (χ1v) is 7.51. The molecule has 0 spiro atoms. The lowest BCUT2D eigenvalue weighted by atomic mass is 9.95. The Kier molecular flexibility index (Phi) is 5.24. The maximum absolute atomic E-state index is 11.5. The monoisotopic (exact) mass is 335 g/mol. The summed E-state index contributed by atoms with van der Waals surface area (Å²) in [6.45, 7) is 5.74. The van der Waals surface area contributed by atoms with Crippen molar-refractivity contribution in [3.05, 3.63) is 16.5 Å².